The Morgan fingerprint density at radius 2 is 1.88 bits per heavy atom. The number of rotatable bonds is 5. The Labute approximate surface area is 139 Å². The Balaban J connectivity index is 1.83. The number of nitrogens with one attached hydrogen (secondary N) is 1. The molecular formula is C19H18N2O3. The van der Waals surface area contributed by atoms with Crippen molar-refractivity contribution in [1.82, 2.24) is 10.2 Å². The number of aromatic amines is 1. The molecule has 0 amide bonds. The molecule has 3 aromatic rings. The average molecular weight is 322 g/mol. The van der Waals surface area contributed by atoms with E-state index in [1.807, 2.05) is 49.4 Å². The molecule has 0 saturated heterocycles. The van der Waals surface area contributed by atoms with Crippen molar-refractivity contribution in [2.75, 3.05) is 7.11 Å². The highest BCUT2D eigenvalue weighted by atomic mass is 16.5. The molecular weight excluding hydrogens is 304 g/mol. The van der Waals surface area contributed by atoms with E-state index in [0.717, 1.165) is 34.1 Å². The minimum absolute atomic E-state index is 0.204. The van der Waals surface area contributed by atoms with E-state index >= 15 is 0 Å². The second-order valence-corrected chi connectivity index (χ2v) is 5.47. The Kier molecular flexibility index (Phi) is 4.61. The van der Waals surface area contributed by atoms with Crippen LogP contribution in [0.4, 0.5) is 0 Å². The van der Waals surface area contributed by atoms with Gasteiger partial charge in [0.25, 0.3) is 5.56 Å². The molecule has 0 atom stereocenters. The highest BCUT2D eigenvalue weighted by Crippen LogP contribution is 2.28. The van der Waals surface area contributed by atoms with Crippen LogP contribution in [-0.4, -0.2) is 17.3 Å². The van der Waals surface area contributed by atoms with Gasteiger partial charge in [0.15, 0.2) is 0 Å². The van der Waals surface area contributed by atoms with E-state index in [1.54, 1.807) is 13.2 Å². The van der Waals surface area contributed by atoms with Crippen LogP contribution in [0.25, 0.3) is 0 Å². The van der Waals surface area contributed by atoms with Crippen molar-refractivity contribution in [3.8, 4) is 17.2 Å². The fourth-order valence-corrected chi connectivity index (χ4v) is 2.34. The molecule has 5 heteroatoms. The first-order valence-electron chi connectivity index (χ1n) is 7.60. The molecule has 2 aromatic carbocycles. The summed E-state index contributed by atoms with van der Waals surface area (Å²) in [6, 6.07) is 16.7. The summed E-state index contributed by atoms with van der Waals surface area (Å²) < 4.78 is 11.2. The maximum Gasteiger partial charge on any atom is 0.264 e. The lowest BCUT2D eigenvalue weighted by Crippen LogP contribution is -2.07. The third-order valence-corrected chi connectivity index (χ3v) is 3.64. The quantitative estimate of drug-likeness (QED) is 0.781. The van der Waals surface area contributed by atoms with Crippen LogP contribution in [0.1, 0.15) is 16.8 Å². The topological polar surface area (TPSA) is 64.2 Å². The summed E-state index contributed by atoms with van der Waals surface area (Å²) in [7, 11) is 1.63. The molecule has 0 fully saturated rings. The maximum atomic E-state index is 11.1. The van der Waals surface area contributed by atoms with E-state index < -0.39 is 0 Å². The van der Waals surface area contributed by atoms with Gasteiger partial charge in [-0.15, -0.1) is 0 Å². The van der Waals surface area contributed by atoms with Crippen LogP contribution in [0, 0.1) is 6.92 Å². The number of aromatic nitrogens is 2. The van der Waals surface area contributed by atoms with Gasteiger partial charge in [-0.25, -0.2) is 5.10 Å². The van der Waals surface area contributed by atoms with Gasteiger partial charge in [0, 0.05) is 18.6 Å². The lowest BCUT2D eigenvalue weighted by molar-refractivity contribution is 0.408. The molecule has 1 aromatic heterocycles. The zero-order valence-electron chi connectivity index (χ0n) is 13.6. The zero-order chi connectivity index (χ0) is 16.9. The van der Waals surface area contributed by atoms with E-state index in [-0.39, 0.29) is 5.56 Å². The van der Waals surface area contributed by atoms with Crippen LogP contribution in [0.5, 0.6) is 17.2 Å². The summed E-state index contributed by atoms with van der Waals surface area (Å²) in [6.07, 6.45) is 0.617. The number of aryl methyl sites for hydroxylation is 1. The Bertz CT molecular complexity index is 883. The summed E-state index contributed by atoms with van der Waals surface area (Å²) in [6.45, 7) is 2.00. The molecule has 0 radical (unpaired) electrons. The van der Waals surface area contributed by atoms with Crippen molar-refractivity contribution in [3.05, 3.63) is 81.8 Å². The largest absolute Gasteiger partial charge is 0.497 e. The van der Waals surface area contributed by atoms with Gasteiger partial charge >= 0.3 is 0 Å². The highest BCUT2D eigenvalue weighted by Gasteiger charge is 2.06. The minimum atomic E-state index is -0.204. The molecule has 0 spiro atoms. The highest BCUT2D eigenvalue weighted by molar-refractivity contribution is 5.42. The van der Waals surface area contributed by atoms with Crippen molar-refractivity contribution in [2.24, 2.45) is 0 Å². The molecule has 1 heterocycles. The Morgan fingerprint density at radius 3 is 2.62 bits per heavy atom. The molecule has 0 bridgehead atoms. The molecule has 0 saturated carbocycles. The lowest BCUT2D eigenvalue weighted by Gasteiger charge is -2.11. The van der Waals surface area contributed by atoms with Crippen molar-refractivity contribution >= 4 is 0 Å². The predicted molar refractivity (Wildman–Crippen MR) is 91.9 cm³/mol. The Morgan fingerprint density at radius 1 is 1.04 bits per heavy atom. The normalized spacial score (nSPS) is 10.4. The van der Waals surface area contributed by atoms with E-state index in [1.165, 1.54) is 6.07 Å². The third kappa shape index (κ3) is 3.81. The van der Waals surface area contributed by atoms with E-state index in [2.05, 4.69) is 10.2 Å². The second kappa shape index (κ2) is 7.00. The lowest BCUT2D eigenvalue weighted by atomic mass is 10.1. The number of ether oxygens (including phenoxy) is 2. The van der Waals surface area contributed by atoms with Crippen LogP contribution in [0.2, 0.25) is 0 Å². The smallest absolute Gasteiger partial charge is 0.264 e. The van der Waals surface area contributed by atoms with E-state index in [0.29, 0.717) is 6.42 Å². The van der Waals surface area contributed by atoms with Crippen LogP contribution in [-0.2, 0) is 6.42 Å². The average Bonchev–Trinajstić information content (AvgIpc) is 2.60. The molecule has 0 aliphatic carbocycles. The molecule has 1 N–H and O–H groups in total. The number of H-pyrrole nitrogens is 1. The summed E-state index contributed by atoms with van der Waals surface area (Å²) in [5.74, 6) is 2.25. The monoisotopic (exact) mass is 322 g/mol. The van der Waals surface area contributed by atoms with E-state index in [9.17, 15) is 4.79 Å². The molecule has 24 heavy (non-hydrogen) atoms. The molecule has 0 aliphatic heterocycles. The fraction of sp³-hybridized carbons (Fsp3) is 0.158. The summed E-state index contributed by atoms with van der Waals surface area (Å²) in [5, 5.41) is 6.49. The van der Waals surface area contributed by atoms with Gasteiger partial charge < -0.3 is 9.47 Å². The van der Waals surface area contributed by atoms with Crippen LogP contribution in [0.3, 0.4) is 0 Å². The molecule has 3 rings (SSSR count). The summed E-state index contributed by atoms with van der Waals surface area (Å²) in [5.41, 5.74) is 2.68. The minimum Gasteiger partial charge on any atom is -0.497 e. The van der Waals surface area contributed by atoms with Crippen LogP contribution >= 0.6 is 0 Å². The van der Waals surface area contributed by atoms with Gasteiger partial charge in [0.05, 0.1) is 12.8 Å². The van der Waals surface area contributed by atoms with Crippen LogP contribution < -0.4 is 15.0 Å². The Hall–Kier alpha value is -3.08. The maximum absolute atomic E-state index is 11.1. The summed E-state index contributed by atoms with van der Waals surface area (Å²) in [4.78, 5) is 11.1. The van der Waals surface area contributed by atoms with Gasteiger partial charge in [0.1, 0.15) is 17.2 Å². The standard InChI is InChI=1S/C19H18N2O3/c1-13-6-7-14(10-15-8-9-19(22)21-20-15)11-18(13)24-17-5-3-4-16(12-17)23-2/h3-9,11-12H,10H2,1-2H3,(H,21,22). The first-order chi connectivity index (χ1) is 11.6. The van der Waals surface area contributed by atoms with Crippen LogP contribution in [0.15, 0.2) is 59.4 Å². The first kappa shape index (κ1) is 15.8. The fourth-order valence-electron chi connectivity index (χ4n) is 2.34. The van der Waals surface area contributed by atoms with Crippen molar-refractivity contribution in [1.29, 1.82) is 0 Å². The second-order valence-electron chi connectivity index (χ2n) is 5.47. The first-order valence-corrected chi connectivity index (χ1v) is 7.60. The molecule has 5 nitrogen and oxygen atoms in total. The van der Waals surface area contributed by atoms with E-state index in [4.69, 9.17) is 9.47 Å². The van der Waals surface area contributed by atoms with Gasteiger partial charge in [-0.2, -0.15) is 5.10 Å². The zero-order valence-corrected chi connectivity index (χ0v) is 13.6. The number of benzene rings is 2. The summed E-state index contributed by atoms with van der Waals surface area (Å²) >= 11 is 0. The predicted octanol–water partition coefficient (Wildman–Crippen LogP) is 3.47. The van der Waals surface area contributed by atoms with Crippen molar-refractivity contribution in [3.63, 3.8) is 0 Å². The number of methoxy groups -OCH3 is 1. The van der Waals surface area contributed by atoms with Gasteiger partial charge in [-0.1, -0.05) is 18.2 Å². The SMILES string of the molecule is COc1cccc(Oc2cc(Cc3ccc(=O)[nH]n3)ccc2C)c1. The third-order valence-electron chi connectivity index (χ3n) is 3.64. The molecule has 122 valence electrons. The van der Waals surface area contributed by atoms with Gasteiger partial charge in [-0.05, 0) is 42.3 Å². The van der Waals surface area contributed by atoms with Crippen molar-refractivity contribution in [2.45, 2.75) is 13.3 Å². The number of nitrogens with zero attached hydrogens (tertiary/aromatic N) is 1. The van der Waals surface area contributed by atoms with Gasteiger partial charge in [-0.3, -0.25) is 4.79 Å². The number of hydrogen-bond donors (Lipinski definition) is 1. The number of hydrogen-bond acceptors (Lipinski definition) is 4. The molecule has 0 aliphatic rings. The van der Waals surface area contributed by atoms with Gasteiger partial charge in [0.2, 0.25) is 0 Å². The molecule has 0 unspecified atom stereocenters. The van der Waals surface area contributed by atoms with Crippen molar-refractivity contribution < 1.29 is 9.47 Å².